The van der Waals surface area contributed by atoms with E-state index >= 15 is 0 Å². The monoisotopic (exact) mass is 524 g/mol. The molecule has 0 unspecified atom stereocenters. The lowest BCUT2D eigenvalue weighted by Gasteiger charge is -2.29. The van der Waals surface area contributed by atoms with E-state index in [-0.39, 0.29) is 18.2 Å². The third kappa shape index (κ3) is 4.69. The van der Waals surface area contributed by atoms with E-state index in [0.29, 0.717) is 74.9 Å². The molecule has 1 N–H and O–H groups in total. The summed E-state index contributed by atoms with van der Waals surface area (Å²) in [6, 6.07) is 5.89. The first kappa shape index (κ1) is 23.9. The van der Waals surface area contributed by atoms with E-state index in [2.05, 4.69) is 20.0 Å². The highest BCUT2D eigenvalue weighted by Crippen LogP contribution is 2.31. The van der Waals surface area contributed by atoms with Crippen LogP contribution in [0.15, 0.2) is 30.7 Å². The lowest BCUT2D eigenvalue weighted by molar-refractivity contribution is 0.0852. The largest absolute Gasteiger partial charge is 0.378 e. The Balaban J connectivity index is 1.35. The number of piperidine rings is 1. The van der Waals surface area contributed by atoms with E-state index < -0.39 is 10.0 Å². The summed E-state index contributed by atoms with van der Waals surface area (Å²) in [6.45, 7) is 3.34. The molecular formula is C24H28N8O4S. The molecule has 13 heteroatoms. The second-order valence-electron chi connectivity index (χ2n) is 9.60. The Kier molecular flexibility index (Phi) is 6.13. The van der Waals surface area contributed by atoms with Crippen LogP contribution in [0.3, 0.4) is 0 Å². The zero-order valence-electron chi connectivity index (χ0n) is 20.5. The van der Waals surface area contributed by atoms with E-state index in [1.54, 1.807) is 12.5 Å². The molecule has 194 valence electrons. The van der Waals surface area contributed by atoms with Crippen molar-refractivity contribution in [3.8, 4) is 11.3 Å². The number of carbonyl (C=O) groups is 1. The summed E-state index contributed by atoms with van der Waals surface area (Å²) in [4.78, 5) is 32.6. The molecule has 0 saturated carbocycles. The van der Waals surface area contributed by atoms with Gasteiger partial charge in [0, 0.05) is 38.2 Å². The Morgan fingerprint density at radius 2 is 1.92 bits per heavy atom. The average Bonchev–Trinajstić information content (AvgIpc) is 3.55. The fourth-order valence-electron chi connectivity index (χ4n) is 5.06. The van der Waals surface area contributed by atoms with Crippen LogP contribution >= 0.6 is 0 Å². The SMILES string of the molecule is CS(=O)(=O)N1CCC(CC(=O)n2ncc3c(-c4ccc5[nH]cnc5c4)nc(N4CCOCC4)nc32)CC1. The van der Waals surface area contributed by atoms with Crippen LogP contribution in [0.1, 0.15) is 24.1 Å². The molecule has 0 amide bonds. The molecule has 2 aliphatic heterocycles. The summed E-state index contributed by atoms with van der Waals surface area (Å²) < 4.78 is 32.0. The highest BCUT2D eigenvalue weighted by molar-refractivity contribution is 7.88. The summed E-state index contributed by atoms with van der Waals surface area (Å²) in [5.41, 5.74) is 3.77. The van der Waals surface area contributed by atoms with E-state index in [1.165, 1.54) is 15.2 Å². The molecule has 0 aliphatic carbocycles. The molecule has 0 atom stereocenters. The second-order valence-corrected chi connectivity index (χ2v) is 11.6. The first-order chi connectivity index (χ1) is 17.9. The van der Waals surface area contributed by atoms with Gasteiger partial charge in [0.1, 0.15) is 0 Å². The number of nitrogens with zero attached hydrogens (tertiary/aromatic N) is 7. The molecule has 12 nitrogen and oxygen atoms in total. The average molecular weight is 525 g/mol. The number of aromatic amines is 1. The highest BCUT2D eigenvalue weighted by Gasteiger charge is 2.28. The van der Waals surface area contributed by atoms with Gasteiger partial charge in [0.05, 0.1) is 54.1 Å². The van der Waals surface area contributed by atoms with Gasteiger partial charge in [-0.3, -0.25) is 4.79 Å². The molecule has 0 radical (unpaired) electrons. The third-order valence-corrected chi connectivity index (χ3v) is 8.45. The summed E-state index contributed by atoms with van der Waals surface area (Å²) in [7, 11) is -3.21. The molecule has 2 aliphatic rings. The number of fused-ring (bicyclic) bond motifs is 2. The summed E-state index contributed by atoms with van der Waals surface area (Å²) in [6.07, 6.45) is 6.08. The molecule has 3 aromatic heterocycles. The smallest absolute Gasteiger partial charge is 0.249 e. The molecule has 4 aromatic rings. The normalized spacial score (nSPS) is 18.1. The fraction of sp³-hybridized carbons (Fsp3) is 0.458. The van der Waals surface area contributed by atoms with Crippen LogP contribution in [0.2, 0.25) is 0 Å². The number of benzene rings is 1. The highest BCUT2D eigenvalue weighted by atomic mass is 32.2. The minimum atomic E-state index is -3.21. The van der Waals surface area contributed by atoms with Crippen LogP contribution in [-0.2, 0) is 14.8 Å². The topological polar surface area (TPSA) is 139 Å². The van der Waals surface area contributed by atoms with Gasteiger partial charge in [-0.25, -0.2) is 22.7 Å². The van der Waals surface area contributed by atoms with Crippen LogP contribution in [-0.4, -0.2) is 94.0 Å². The predicted octanol–water partition coefficient (Wildman–Crippen LogP) is 1.91. The molecule has 1 aromatic carbocycles. The predicted molar refractivity (Wildman–Crippen MR) is 138 cm³/mol. The van der Waals surface area contributed by atoms with Gasteiger partial charge in [0.15, 0.2) is 5.65 Å². The van der Waals surface area contributed by atoms with Gasteiger partial charge < -0.3 is 14.6 Å². The van der Waals surface area contributed by atoms with Gasteiger partial charge >= 0.3 is 0 Å². The molecule has 6 rings (SSSR count). The number of sulfonamides is 1. The number of ether oxygens (including phenoxy) is 1. The molecule has 5 heterocycles. The summed E-state index contributed by atoms with van der Waals surface area (Å²) >= 11 is 0. The van der Waals surface area contributed by atoms with Crippen molar-refractivity contribution in [1.29, 1.82) is 0 Å². The van der Waals surface area contributed by atoms with Gasteiger partial charge in [0.2, 0.25) is 21.9 Å². The van der Waals surface area contributed by atoms with Crippen LogP contribution < -0.4 is 4.90 Å². The Morgan fingerprint density at radius 3 is 2.68 bits per heavy atom. The van der Waals surface area contributed by atoms with E-state index in [4.69, 9.17) is 14.7 Å². The maximum absolute atomic E-state index is 13.4. The number of hydrogen-bond donors (Lipinski definition) is 1. The number of imidazole rings is 1. The minimum Gasteiger partial charge on any atom is -0.378 e. The number of nitrogens with one attached hydrogen (secondary N) is 1. The van der Waals surface area contributed by atoms with Crippen molar-refractivity contribution >= 4 is 43.9 Å². The van der Waals surface area contributed by atoms with Crippen LogP contribution in [0.5, 0.6) is 0 Å². The standard InChI is InChI=1S/C24H28N8O4S/c1-37(34,35)31-6-4-16(5-7-31)12-21(33)32-23-18(14-27-32)22(17-2-3-19-20(13-17)26-15-25-19)28-24(29-23)30-8-10-36-11-9-30/h2-3,13-16H,4-12H2,1H3,(H,25,26). The third-order valence-electron chi connectivity index (χ3n) is 7.15. The first-order valence-electron chi connectivity index (χ1n) is 12.4. The van der Waals surface area contributed by atoms with E-state index in [1.807, 2.05) is 18.2 Å². The number of anilines is 1. The fourth-order valence-corrected chi connectivity index (χ4v) is 5.94. The number of hydrogen-bond acceptors (Lipinski definition) is 9. The van der Waals surface area contributed by atoms with Crippen molar-refractivity contribution in [3.05, 3.63) is 30.7 Å². The molecular weight excluding hydrogens is 496 g/mol. The maximum atomic E-state index is 13.4. The zero-order chi connectivity index (χ0) is 25.6. The summed E-state index contributed by atoms with van der Waals surface area (Å²) in [5, 5.41) is 5.12. The molecule has 0 spiro atoms. The number of rotatable bonds is 5. The van der Waals surface area contributed by atoms with Crippen molar-refractivity contribution < 1.29 is 17.9 Å². The van der Waals surface area contributed by atoms with E-state index in [0.717, 1.165) is 16.6 Å². The lowest BCUT2D eigenvalue weighted by atomic mass is 9.94. The van der Waals surface area contributed by atoms with Crippen molar-refractivity contribution in [1.82, 2.24) is 34.0 Å². The van der Waals surface area contributed by atoms with Gasteiger partial charge in [-0.15, -0.1) is 0 Å². The van der Waals surface area contributed by atoms with Gasteiger partial charge in [-0.05, 0) is 30.9 Å². The Labute approximate surface area is 213 Å². The van der Waals surface area contributed by atoms with Crippen LogP contribution in [0, 0.1) is 5.92 Å². The molecule has 2 saturated heterocycles. The lowest BCUT2D eigenvalue weighted by Crippen LogP contribution is -2.38. The number of aromatic nitrogens is 6. The van der Waals surface area contributed by atoms with E-state index in [9.17, 15) is 13.2 Å². The molecule has 0 bridgehead atoms. The molecule has 37 heavy (non-hydrogen) atoms. The van der Waals surface area contributed by atoms with Crippen molar-refractivity contribution in [2.24, 2.45) is 5.92 Å². The Bertz CT molecular complexity index is 1570. The summed E-state index contributed by atoms with van der Waals surface area (Å²) in [5.74, 6) is 0.462. The quantitative estimate of drug-likeness (QED) is 0.415. The number of morpholine rings is 1. The van der Waals surface area contributed by atoms with Crippen molar-refractivity contribution in [3.63, 3.8) is 0 Å². The van der Waals surface area contributed by atoms with Crippen LogP contribution in [0.4, 0.5) is 5.95 Å². The van der Waals surface area contributed by atoms with Crippen LogP contribution in [0.25, 0.3) is 33.3 Å². The minimum absolute atomic E-state index is 0.0897. The molecule has 2 fully saturated rings. The second kappa shape index (κ2) is 9.47. The van der Waals surface area contributed by atoms with Gasteiger partial charge in [0.25, 0.3) is 0 Å². The Hall–Kier alpha value is -3.42. The van der Waals surface area contributed by atoms with Crippen molar-refractivity contribution in [2.45, 2.75) is 19.3 Å². The van der Waals surface area contributed by atoms with Gasteiger partial charge in [-0.2, -0.15) is 14.8 Å². The van der Waals surface area contributed by atoms with Crippen molar-refractivity contribution in [2.75, 3.05) is 50.5 Å². The number of carbonyl (C=O) groups excluding carboxylic acids is 1. The Morgan fingerprint density at radius 1 is 1.14 bits per heavy atom. The first-order valence-corrected chi connectivity index (χ1v) is 14.2. The maximum Gasteiger partial charge on any atom is 0.249 e. The van der Waals surface area contributed by atoms with Gasteiger partial charge in [-0.1, -0.05) is 6.07 Å². The number of H-pyrrole nitrogens is 1. The zero-order valence-corrected chi connectivity index (χ0v) is 21.3.